The minimum absolute atomic E-state index is 0.0402. The number of rotatable bonds is 6. The lowest BCUT2D eigenvalue weighted by Crippen LogP contribution is -2.38. The lowest BCUT2D eigenvalue weighted by molar-refractivity contribution is -0.124. The molecule has 0 saturated carbocycles. The largest absolute Gasteiger partial charge is 0.354 e. The van der Waals surface area contributed by atoms with Crippen LogP contribution in [0.15, 0.2) is 28.7 Å². The predicted octanol–water partition coefficient (Wildman–Crippen LogP) is 1.46. The fourth-order valence-electron chi connectivity index (χ4n) is 1.33. The molecule has 0 heterocycles. The molecule has 0 aliphatic rings. The normalized spacial score (nSPS) is 9.89. The molecule has 0 saturated heterocycles. The van der Waals surface area contributed by atoms with E-state index in [9.17, 15) is 9.59 Å². The molecule has 4 nitrogen and oxygen atoms in total. The van der Waals surface area contributed by atoms with Crippen LogP contribution in [-0.4, -0.2) is 30.8 Å². The summed E-state index contributed by atoms with van der Waals surface area (Å²) in [5, 5.41) is 5.12. The van der Waals surface area contributed by atoms with Gasteiger partial charge >= 0.3 is 0 Å². The maximum atomic E-state index is 11.4. The van der Waals surface area contributed by atoms with E-state index in [4.69, 9.17) is 11.6 Å². The van der Waals surface area contributed by atoms with Gasteiger partial charge in [0.15, 0.2) is 0 Å². The lowest BCUT2D eigenvalue weighted by atomic mass is 10.1. The van der Waals surface area contributed by atoms with E-state index in [2.05, 4.69) is 26.6 Å². The van der Waals surface area contributed by atoms with E-state index in [1.165, 1.54) is 0 Å². The number of hydrogen-bond donors (Lipinski definition) is 2. The number of nitrogens with one attached hydrogen (secondary N) is 2. The average molecular weight is 334 g/mol. The fraction of sp³-hybridized carbons (Fsp3) is 0.333. The van der Waals surface area contributed by atoms with Gasteiger partial charge in [0.05, 0.1) is 6.54 Å². The molecule has 0 radical (unpaired) electrons. The third kappa shape index (κ3) is 5.51. The number of alkyl halides is 1. The second-order valence-electron chi connectivity index (χ2n) is 3.60. The number of amides is 2. The van der Waals surface area contributed by atoms with Crippen LogP contribution in [0.3, 0.4) is 0 Å². The minimum Gasteiger partial charge on any atom is -0.354 e. The van der Waals surface area contributed by atoms with Crippen molar-refractivity contribution < 1.29 is 9.59 Å². The molecule has 0 aromatic heterocycles. The van der Waals surface area contributed by atoms with Crippen molar-refractivity contribution >= 4 is 39.3 Å². The first kappa shape index (κ1) is 15.0. The summed E-state index contributed by atoms with van der Waals surface area (Å²) in [6.45, 7) is 0.486. The molecule has 0 bridgehead atoms. The Kier molecular flexibility index (Phi) is 6.75. The molecule has 1 aromatic rings. The number of carbonyl (C=O) groups excluding carboxylic acids is 2. The third-order valence-corrected chi connectivity index (χ3v) is 3.26. The van der Waals surface area contributed by atoms with Crippen molar-refractivity contribution in [3.8, 4) is 0 Å². The zero-order chi connectivity index (χ0) is 13.4. The quantitative estimate of drug-likeness (QED) is 0.775. The van der Waals surface area contributed by atoms with E-state index in [-0.39, 0.29) is 24.2 Å². The monoisotopic (exact) mass is 332 g/mol. The molecule has 1 rings (SSSR count). The molecule has 0 unspecified atom stereocenters. The van der Waals surface area contributed by atoms with Crippen LogP contribution >= 0.6 is 27.5 Å². The van der Waals surface area contributed by atoms with Gasteiger partial charge in [-0.1, -0.05) is 34.1 Å². The molecule has 2 N–H and O–H groups in total. The van der Waals surface area contributed by atoms with E-state index < -0.39 is 0 Å². The van der Waals surface area contributed by atoms with Crippen molar-refractivity contribution in [1.82, 2.24) is 10.6 Å². The van der Waals surface area contributed by atoms with Gasteiger partial charge in [-0.25, -0.2) is 0 Å². The summed E-state index contributed by atoms with van der Waals surface area (Å²) in [4.78, 5) is 22.2. The number of hydrogen-bond acceptors (Lipinski definition) is 2. The van der Waals surface area contributed by atoms with Gasteiger partial charge in [-0.15, -0.1) is 11.6 Å². The van der Waals surface area contributed by atoms with Crippen LogP contribution in [0.2, 0.25) is 0 Å². The van der Waals surface area contributed by atoms with E-state index in [1.807, 2.05) is 24.3 Å². The summed E-state index contributed by atoms with van der Waals surface area (Å²) < 4.78 is 1.02. The van der Waals surface area contributed by atoms with E-state index in [1.54, 1.807) is 0 Å². The summed E-state index contributed by atoms with van der Waals surface area (Å²) in [6, 6.07) is 7.83. The molecule has 18 heavy (non-hydrogen) atoms. The van der Waals surface area contributed by atoms with Crippen molar-refractivity contribution in [2.75, 3.05) is 19.0 Å². The fourth-order valence-corrected chi connectivity index (χ4v) is 1.90. The van der Waals surface area contributed by atoms with E-state index >= 15 is 0 Å². The zero-order valence-electron chi connectivity index (χ0n) is 9.71. The van der Waals surface area contributed by atoms with E-state index in [0.717, 1.165) is 16.5 Å². The average Bonchev–Trinajstić information content (AvgIpc) is 2.38. The summed E-state index contributed by atoms with van der Waals surface area (Å²) in [5.41, 5.74) is 1.13. The molecule has 0 atom stereocenters. The van der Waals surface area contributed by atoms with Gasteiger partial charge < -0.3 is 10.6 Å². The molecule has 2 amide bonds. The zero-order valence-corrected chi connectivity index (χ0v) is 12.1. The van der Waals surface area contributed by atoms with Crippen LogP contribution < -0.4 is 10.6 Å². The van der Waals surface area contributed by atoms with Gasteiger partial charge in [0.2, 0.25) is 11.8 Å². The molecule has 1 aromatic carbocycles. The Bertz CT molecular complexity index is 426. The third-order valence-electron chi connectivity index (χ3n) is 2.24. The summed E-state index contributed by atoms with van der Waals surface area (Å²) in [6.07, 6.45) is 0.733. The number of carbonyl (C=O) groups is 2. The van der Waals surface area contributed by atoms with Gasteiger partial charge in [0.1, 0.15) is 5.88 Å². The highest BCUT2D eigenvalue weighted by atomic mass is 79.9. The molecule has 0 aliphatic carbocycles. The molecule has 98 valence electrons. The summed E-state index contributed by atoms with van der Waals surface area (Å²) in [7, 11) is 0. The smallest absolute Gasteiger partial charge is 0.239 e. The molecule has 6 heteroatoms. The number of halogens is 2. The molecular weight excluding hydrogens is 320 g/mol. The van der Waals surface area contributed by atoms with Crippen molar-refractivity contribution in [3.05, 3.63) is 34.3 Å². The lowest BCUT2D eigenvalue weighted by Gasteiger charge is -2.07. The van der Waals surface area contributed by atoms with Crippen LogP contribution in [0.5, 0.6) is 0 Å². The molecule has 0 fully saturated rings. The van der Waals surface area contributed by atoms with Gasteiger partial charge in [-0.2, -0.15) is 0 Å². The van der Waals surface area contributed by atoms with E-state index in [0.29, 0.717) is 6.54 Å². The highest BCUT2D eigenvalue weighted by Gasteiger charge is 2.04. The Balaban J connectivity index is 2.24. The first-order valence-electron chi connectivity index (χ1n) is 5.46. The van der Waals surface area contributed by atoms with Crippen molar-refractivity contribution in [1.29, 1.82) is 0 Å². The second-order valence-corrected chi connectivity index (χ2v) is 4.72. The van der Waals surface area contributed by atoms with Gasteiger partial charge in [0, 0.05) is 11.0 Å². The first-order valence-corrected chi connectivity index (χ1v) is 6.79. The Morgan fingerprint density at radius 1 is 1.17 bits per heavy atom. The Labute approximate surface area is 119 Å². The van der Waals surface area contributed by atoms with Crippen LogP contribution in [-0.2, 0) is 16.0 Å². The Hall–Kier alpha value is -1.07. The maximum absolute atomic E-state index is 11.4. The number of benzene rings is 1. The topological polar surface area (TPSA) is 58.2 Å². The maximum Gasteiger partial charge on any atom is 0.239 e. The van der Waals surface area contributed by atoms with Crippen molar-refractivity contribution in [2.24, 2.45) is 0 Å². The standard InChI is InChI=1S/C12H14BrClN2O2/c13-10-4-2-1-3-9(10)5-6-15-12(18)8-16-11(17)7-14/h1-4H,5-8H2,(H,15,18)(H,16,17). The minimum atomic E-state index is -0.349. The van der Waals surface area contributed by atoms with Crippen LogP contribution in [0, 0.1) is 0 Å². The van der Waals surface area contributed by atoms with Gasteiger partial charge in [-0.3, -0.25) is 9.59 Å². The van der Waals surface area contributed by atoms with Crippen LogP contribution in [0.1, 0.15) is 5.56 Å². The van der Waals surface area contributed by atoms with Gasteiger partial charge in [-0.05, 0) is 18.1 Å². The SMILES string of the molecule is O=C(CCl)NCC(=O)NCCc1ccccc1Br. The van der Waals surface area contributed by atoms with Crippen LogP contribution in [0.25, 0.3) is 0 Å². The Morgan fingerprint density at radius 3 is 2.56 bits per heavy atom. The molecular formula is C12H14BrClN2O2. The predicted molar refractivity (Wildman–Crippen MR) is 74.6 cm³/mol. The molecule has 0 spiro atoms. The molecule has 0 aliphatic heterocycles. The summed E-state index contributed by atoms with van der Waals surface area (Å²) in [5.74, 6) is -0.706. The highest BCUT2D eigenvalue weighted by Crippen LogP contribution is 2.15. The first-order chi connectivity index (χ1) is 8.63. The highest BCUT2D eigenvalue weighted by molar-refractivity contribution is 9.10. The summed E-state index contributed by atoms with van der Waals surface area (Å²) >= 11 is 8.73. The van der Waals surface area contributed by atoms with Crippen molar-refractivity contribution in [3.63, 3.8) is 0 Å². The van der Waals surface area contributed by atoms with Crippen molar-refractivity contribution in [2.45, 2.75) is 6.42 Å². The Morgan fingerprint density at radius 2 is 1.89 bits per heavy atom. The second kappa shape index (κ2) is 8.11. The van der Waals surface area contributed by atoms with Gasteiger partial charge in [0.25, 0.3) is 0 Å². The van der Waals surface area contributed by atoms with Crippen LogP contribution in [0.4, 0.5) is 0 Å².